The summed E-state index contributed by atoms with van der Waals surface area (Å²) in [6.45, 7) is 4.02. The molecule has 0 aliphatic carbocycles. The molecule has 0 atom stereocenters. The van der Waals surface area contributed by atoms with E-state index in [-0.39, 0.29) is 5.91 Å². The molecule has 1 amide bonds. The first kappa shape index (κ1) is 20.2. The van der Waals surface area contributed by atoms with Crippen LogP contribution in [0.15, 0.2) is 48.5 Å². The minimum Gasteiger partial charge on any atom is -0.369 e. The first-order chi connectivity index (χ1) is 13.3. The van der Waals surface area contributed by atoms with E-state index in [0.717, 1.165) is 42.4 Å². The topological polar surface area (TPSA) is 73.0 Å². The van der Waals surface area contributed by atoms with Gasteiger partial charge in [-0.2, -0.15) is 0 Å². The number of hydrogen-bond acceptors (Lipinski definition) is 5. The third-order valence-electron chi connectivity index (χ3n) is 4.98. The number of anilines is 3. The number of likely N-dealkylation sites (N-methyl/N-ethyl adjacent to an activating group) is 1. The molecule has 1 N–H and O–H groups in total. The quantitative estimate of drug-likeness (QED) is 0.829. The summed E-state index contributed by atoms with van der Waals surface area (Å²) in [6.07, 6.45) is 1.11. The fourth-order valence-electron chi connectivity index (χ4n) is 3.14. The molecule has 1 fully saturated rings. The van der Waals surface area contributed by atoms with Gasteiger partial charge in [-0.15, -0.1) is 0 Å². The van der Waals surface area contributed by atoms with Gasteiger partial charge in [0.2, 0.25) is 10.0 Å². The second-order valence-corrected chi connectivity index (χ2v) is 9.05. The van der Waals surface area contributed by atoms with Crippen molar-refractivity contribution < 1.29 is 13.2 Å². The summed E-state index contributed by atoms with van der Waals surface area (Å²) in [7, 11) is 0.0945. The highest BCUT2D eigenvalue weighted by Crippen LogP contribution is 2.24. The van der Waals surface area contributed by atoms with E-state index in [2.05, 4.69) is 22.2 Å². The van der Waals surface area contributed by atoms with E-state index in [4.69, 9.17) is 0 Å². The van der Waals surface area contributed by atoms with Crippen molar-refractivity contribution in [3.63, 3.8) is 0 Å². The number of piperazine rings is 1. The van der Waals surface area contributed by atoms with E-state index in [1.165, 1.54) is 7.05 Å². The van der Waals surface area contributed by atoms with Gasteiger partial charge in [-0.05, 0) is 43.4 Å². The van der Waals surface area contributed by atoms with Crippen molar-refractivity contribution >= 4 is 33.0 Å². The Morgan fingerprint density at radius 2 is 1.61 bits per heavy atom. The molecule has 0 spiro atoms. The lowest BCUT2D eigenvalue weighted by Gasteiger charge is -2.34. The fourth-order valence-corrected chi connectivity index (χ4v) is 3.65. The SMILES string of the molecule is CN1CCN(c2ccc(NC(=O)c3ccccc3N(C)S(C)(=O)=O)cc2)CC1. The Balaban J connectivity index is 1.74. The molecule has 7 nitrogen and oxygen atoms in total. The molecule has 0 radical (unpaired) electrons. The summed E-state index contributed by atoms with van der Waals surface area (Å²) in [4.78, 5) is 17.4. The zero-order valence-electron chi connectivity index (χ0n) is 16.4. The molecule has 0 bridgehead atoms. The molecule has 1 aliphatic rings. The zero-order chi connectivity index (χ0) is 20.3. The Hall–Kier alpha value is -2.58. The number of benzene rings is 2. The molecular weight excluding hydrogens is 376 g/mol. The van der Waals surface area contributed by atoms with Crippen LogP contribution in [0, 0.1) is 0 Å². The average Bonchev–Trinajstić information content (AvgIpc) is 2.68. The molecule has 0 saturated carbocycles. The van der Waals surface area contributed by atoms with Crippen LogP contribution in [0.2, 0.25) is 0 Å². The highest BCUT2D eigenvalue weighted by atomic mass is 32.2. The van der Waals surface area contributed by atoms with Crippen molar-refractivity contribution in [3.8, 4) is 0 Å². The lowest BCUT2D eigenvalue weighted by atomic mass is 10.1. The number of para-hydroxylation sites is 1. The monoisotopic (exact) mass is 402 g/mol. The number of amides is 1. The van der Waals surface area contributed by atoms with Crippen molar-refractivity contribution in [3.05, 3.63) is 54.1 Å². The summed E-state index contributed by atoms with van der Waals surface area (Å²) >= 11 is 0. The summed E-state index contributed by atoms with van der Waals surface area (Å²) in [5, 5.41) is 2.85. The molecule has 8 heteroatoms. The summed E-state index contributed by atoms with van der Waals surface area (Å²) in [5.74, 6) is -0.349. The number of rotatable bonds is 5. The summed E-state index contributed by atoms with van der Waals surface area (Å²) in [6, 6.07) is 14.4. The van der Waals surface area contributed by atoms with Crippen LogP contribution in [-0.2, 0) is 10.0 Å². The third-order valence-corrected chi connectivity index (χ3v) is 6.17. The number of nitrogens with zero attached hydrogens (tertiary/aromatic N) is 3. The van der Waals surface area contributed by atoms with Crippen LogP contribution in [-0.4, -0.2) is 65.8 Å². The third kappa shape index (κ3) is 4.63. The standard InChI is InChI=1S/C20H26N4O3S/c1-22-12-14-24(15-13-22)17-10-8-16(9-11-17)21-20(25)18-6-4-5-7-19(18)23(2)28(3,26)27/h4-11H,12-15H2,1-3H3,(H,21,25). The normalized spacial score (nSPS) is 15.3. The van der Waals surface area contributed by atoms with Crippen LogP contribution in [0.25, 0.3) is 0 Å². The Morgan fingerprint density at radius 3 is 2.21 bits per heavy atom. The second-order valence-electron chi connectivity index (χ2n) is 7.04. The van der Waals surface area contributed by atoms with Gasteiger partial charge >= 0.3 is 0 Å². The minimum absolute atomic E-state index is 0.304. The van der Waals surface area contributed by atoms with Crippen LogP contribution in [0.3, 0.4) is 0 Å². The summed E-state index contributed by atoms with van der Waals surface area (Å²) < 4.78 is 24.8. The van der Waals surface area contributed by atoms with Crippen LogP contribution < -0.4 is 14.5 Å². The van der Waals surface area contributed by atoms with Crippen molar-refractivity contribution in [2.24, 2.45) is 0 Å². The van der Waals surface area contributed by atoms with Gasteiger partial charge in [-0.25, -0.2) is 8.42 Å². The maximum Gasteiger partial charge on any atom is 0.257 e. The molecule has 1 aliphatic heterocycles. The van der Waals surface area contributed by atoms with Gasteiger partial charge in [0.15, 0.2) is 0 Å². The number of carbonyl (C=O) groups is 1. The molecule has 150 valence electrons. The Kier molecular flexibility index (Phi) is 5.90. The number of nitrogens with one attached hydrogen (secondary N) is 1. The van der Waals surface area contributed by atoms with Gasteiger partial charge in [-0.3, -0.25) is 9.10 Å². The molecule has 0 aromatic heterocycles. The molecule has 1 heterocycles. The van der Waals surface area contributed by atoms with Crippen LogP contribution in [0.1, 0.15) is 10.4 Å². The lowest BCUT2D eigenvalue weighted by molar-refractivity contribution is 0.102. The van der Waals surface area contributed by atoms with Crippen LogP contribution in [0.4, 0.5) is 17.1 Å². The number of carbonyl (C=O) groups excluding carboxylic acids is 1. The van der Waals surface area contributed by atoms with Crippen molar-refractivity contribution in [1.29, 1.82) is 0 Å². The molecule has 1 saturated heterocycles. The van der Waals surface area contributed by atoms with Gasteiger partial charge in [0.1, 0.15) is 0 Å². The van der Waals surface area contributed by atoms with Crippen LogP contribution in [0.5, 0.6) is 0 Å². The molecule has 2 aromatic rings. The predicted molar refractivity (Wildman–Crippen MR) is 114 cm³/mol. The van der Waals surface area contributed by atoms with Crippen molar-refractivity contribution in [1.82, 2.24) is 4.90 Å². The summed E-state index contributed by atoms with van der Waals surface area (Å²) in [5.41, 5.74) is 2.44. The van der Waals surface area contributed by atoms with Gasteiger partial charge < -0.3 is 15.1 Å². The molecule has 0 unspecified atom stereocenters. The largest absolute Gasteiger partial charge is 0.369 e. The first-order valence-corrected chi connectivity index (χ1v) is 11.0. The van der Waals surface area contributed by atoms with Crippen LogP contribution >= 0.6 is 0 Å². The second kappa shape index (κ2) is 8.20. The van der Waals surface area contributed by atoms with E-state index in [9.17, 15) is 13.2 Å². The van der Waals surface area contributed by atoms with Gasteiger partial charge in [0.05, 0.1) is 17.5 Å². The fraction of sp³-hybridized carbons (Fsp3) is 0.350. The van der Waals surface area contributed by atoms with Gasteiger partial charge in [-0.1, -0.05) is 12.1 Å². The zero-order valence-corrected chi connectivity index (χ0v) is 17.2. The smallest absolute Gasteiger partial charge is 0.257 e. The van der Waals surface area contributed by atoms with E-state index >= 15 is 0 Å². The maximum absolute atomic E-state index is 12.7. The Morgan fingerprint density at radius 1 is 1.00 bits per heavy atom. The van der Waals surface area contributed by atoms with Crippen molar-refractivity contribution in [2.75, 3.05) is 61.1 Å². The number of sulfonamides is 1. The van der Waals surface area contributed by atoms with Gasteiger partial charge in [0.25, 0.3) is 5.91 Å². The van der Waals surface area contributed by atoms with E-state index in [1.54, 1.807) is 24.3 Å². The molecule has 3 rings (SSSR count). The van der Waals surface area contributed by atoms with Crippen molar-refractivity contribution in [2.45, 2.75) is 0 Å². The van der Waals surface area contributed by atoms with E-state index < -0.39 is 10.0 Å². The highest BCUT2D eigenvalue weighted by molar-refractivity contribution is 7.92. The molecule has 28 heavy (non-hydrogen) atoms. The Labute approximate surface area is 166 Å². The minimum atomic E-state index is -3.46. The Bertz CT molecular complexity index is 936. The number of hydrogen-bond donors (Lipinski definition) is 1. The lowest BCUT2D eigenvalue weighted by Crippen LogP contribution is -2.44. The molecule has 2 aromatic carbocycles. The highest BCUT2D eigenvalue weighted by Gasteiger charge is 2.20. The maximum atomic E-state index is 12.7. The predicted octanol–water partition coefficient (Wildman–Crippen LogP) is 2.09. The van der Waals surface area contributed by atoms with E-state index in [1.807, 2.05) is 24.3 Å². The first-order valence-electron chi connectivity index (χ1n) is 9.13. The van der Waals surface area contributed by atoms with Gasteiger partial charge in [0, 0.05) is 44.6 Å². The van der Waals surface area contributed by atoms with E-state index in [0.29, 0.717) is 16.9 Å². The molecular formula is C20H26N4O3S. The average molecular weight is 403 g/mol.